The van der Waals surface area contributed by atoms with E-state index in [0.29, 0.717) is 5.52 Å². The largest absolute Gasteiger partial charge is 0.508 e. The van der Waals surface area contributed by atoms with Gasteiger partial charge in [-0.1, -0.05) is 0 Å². The van der Waals surface area contributed by atoms with Gasteiger partial charge >= 0.3 is 0 Å². The molecule has 2 rings (SSSR count). The summed E-state index contributed by atoms with van der Waals surface area (Å²) >= 11 is 3.34. The molecule has 0 saturated heterocycles. The number of rotatable bonds is 0. The quantitative estimate of drug-likeness (QED) is 0.746. The average Bonchev–Trinajstić information content (AvgIpc) is 2.04. The maximum atomic E-state index is 9.14. The number of aromatic nitrogens is 2. The van der Waals surface area contributed by atoms with Crippen LogP contribution in [0.25, 0.3) is 10.9 Å². The summed E-state index contributed by atoms with van der Waals surface area (Å²) < 4.78 is 0.882. The minimum atomic E-state index is 0.204. The van der Waals surface area contributed by atoms with Gasteiger partial charge in [-0.15, -0.1) is 0 Å². The zero-order valence-electron chi connectivity index (χ0n) is 6.03. The van der Waals surface area contributed by atoms with Gasteiger partial charge in [-0.05, 0) is 28.1 Å². The first-order valence-electron chi connectivity index (χ1n) is 3.37. The van der Waals surface area contributed by atoms with Gasteiger partial charge in [-0.25, -0.2) is 0 Å². The summed E-state index contributed by atoms with van der Waals surface area (Å²) in [6.07, 6.45) is 1.62. The number of aromatic hydroxyl groups is 1. The van der Waals surface area contributed by atoms with Crippen molar-refractivity contribution >= 4 is 26.8 Å². The van der Waals surface area contributed by atoms with Crippen LogP contribution < -0.4 is 0 Å². The lowest BCUT2D eigenvalue weighted by Gasteiger charge is -1.97. The Labute approximate surface area is 77.2 Å². The molecule has 60 valence electrons. The van der Waals surface area contributed by atoms with Gasteiger partial charge in [-0.2, -0.15) is 10.2 Å². The molecule has 1 N–H and O–H groups in total. The maximum Gasteiger partial charge on any atom is 0.117 e. The van der Waals surface area contributed by atoms with Gasteiger partial charge in [0.2, 0.25) is 0 Å². The normalized spacial score (nSPS) is 10.4. The van der Waals surface area contributed by atoms with Crippen LogP contribution in [-0.4, -0.2) is 15.3 Å². The van der Waals surface area contributed by atoms with Crippen LogP contribution in [0.15, 0.2) is 28.9 Å². The molecule has 0 fully saturated rings. The predicted octanol–water partition coefficient (Wildman–Crippen LogP) is 2.10. The van der Waals surface area contributed by atoms with Crippen molar-refractivity contribution in [1.82, 2.24) is 10.2 Å². The van der Waals surface area contributed by atoms with Crippen molar-refractivity contribution in [3.05, 3.63) is 28.9 Å². The SMILES string of the molecule is Oc1ccc2c(Br)cnnc2c1. The van der Waals surface area contributed by atoms with E-state index in [1.807, 2.05) is 0 Å². The molecular formula is C8H5BrN2O. The second-order valence-corrected chi connectivity index (χ2v) is 3.25. The molecule has 0 saturated carbocycles. The molecule has 0 radical (unpaired) electrons. The summed E-state index contributed by atoms with van der Waals surface area (Å²) in [5.74, 6) is 0.204. The van der Waals surface area contributed by atoms with E-state index in [1.165, 1.54) is 0 Å². The van der Waals surface area contributed by atoms with E-state index in [-0.39, 0.29) is 5.75 Å². The summed E-state index contributed by atoms with van der Waals surface area (Å²) in [4.78, 5) is 0. The third kappa shape index (κ3) is 1.14. The molecule has 1 aromatic carbocycles. The molecule has 0 unspecified atom stereocenters. The molecular weight excluding hydrogens is 220 g/mol. The fourth-order valence-corrected chi connectivity index (χ4v) is 1.44. The Kier molecular flexibility index (Phi) is 1.69. The van der Waals surface area contributed by atoms with Gasteiger partial charge in [-0.3, -0.25) is 0 Å². The summed E-state index contributed by atoms with van der Waals surface area (Å²) in [6, 6.07) is 4.99. The summed E-state index contributed by atoms with van der Waals surface area (Å²) in [7, 11) is 0. The minimum Gasteiger partial charge on any atom is -0.508 e. The standard InChI is InChI=1S/C8H5BrN2O/c9-7-4-10-11-8-3-5(12)1-2-6(7)8/h1-4,12H. The molecule has 1 heterocycles. The molecule has 4 heteroatoms. The smallest absolute Gasteiger partial charge is 0.117 e. The van der Waals surface area contributed by atoms with Gasteiger partial charge in [0.05, 0.1) is 11.7 Å². The Balaban J connectivity index is 2.86. The highest BCUT2D eigenvalue weighted by molar-refractivity contribution is 9.10. The van der Waals surface area contributed by atoms with Crippen molar-refractivity contribution in [2.24, 2.45) is 0 Å². The fourth-order valence-electron chi connectivity index (χ4n) is 1.02. The van der Waals surface area contributed by atoms with Crippen molar-refractivity contribution in [2.75, 3.05) is 0 Å². The molecule has 0 aliphatic rings. The number of phenols is 1. The van der Waals surface area contributed by atoms with Crippen LogP contribution in [0.4, 0.5) is 0 Å². The van der Waals surface area contributed by atoms with Crippen LogP contribution >= 0.6 is 15.9 Å². The van der Waals surface area contributed by atoms with Crippen molar-refractivity contribution < 1.29 is 5.11 Å². The van der Waals surface area contributed by atoms with E-state index in [0.717, 1.165) is 9.86 Å². The van der Waals surface area contributed by atoms with Crippen LogP contribution in [0.3, 0.4) is 0 Å². The number of phenolic OH excluding ortho intramolecular Hbond substituents is 1. The highest BCUT2D eigenvalue weighted by atomic mass is 79.9. The monoisotopic (exact) mass is 224 g/mol. The number of benzene rings is 1. The third-order valence-corrected chi connectivity index (χ3v) is 2.21. The van der Waals surface area contributed by atoms with Crippen LogP contribution in [0.1, 0.15) is 0 Å². The first-order chi connectivity index (χ1) is 5.77. The number of hydrogen-bond acceptors (Lipinski definition) is 3. The molecule has 0 spiro atoms. The Bertz CT molecular complexity index is 430. The van der Waals surface area contributed by atoms with Gasteiger partial charge in [0.1, 0.15) is 5.75 Å². The van der Waals surface area contributed by atoms with Crippen LogP contribution in [0, 0.1) is 0 Å². The van der Waals surface area contributed by atoms with Gasteiger partial charge in [0.15, 0.2) is 0 Å². The Hall–Kier alpha value is -1.16. The second-order valence-electron chi connectivity index (χ2n) is 2.39. The lowest BCUT2D eigenvalue weighted by molar-refractivity contribution is 0.476. The highest BCUT2D eigenvalue weighted by Gasteiger charge is 1.99. The van der Waals surface area contributed by atoms with E-state index in [9.17, 15) is 0 Å². The van der Waals surface area contributed by atoms with Crippen molar-refractivity contribution in [3.8, 4) is 5.75 Å². The molecule has 0 bridgehead atoms. The van der Waals surface area contributed by atoms with Crippen molar-refractivity contribution in [3.63, 3.8) is 0 Å². The van der Waals surface area contributed by atoms with E-state index < -0.39 is 0 Å². The van der Waals surface area contributed by atoms with Gasteiger partial charge in [0.25, 0.3) is 0 Å². The fraction of sp³-hybridized carbons (Fsp3) is 0. The minimum absolute atomic E-state index is 0.204. The molecule has 0 atom stereocenters. The van der Waals surface area contributed by atoms with E-state index >= 15 is 0 Å². The van der Waals surface area contributed by atoms with Gasteiger partial charge in [0, 0.05) is 15.9 Å². The van der Waals surface area contributed by atoms with E-state index in [1.54, 1.807) is 24.4 Å². The average molecular weight is 225 g/mol. The van der Waals surface area contributed by atoms with Crippen molar-refractivity contribution in [1.29, 1.82) is 0 Å². The number of nitrogens with zero attached hydrogens (tertiary/aromatic N) is 2. The van der Waals surface area contributed by atoms with Gasteiger partial charge < -0.3 is 5.11 Å². The van der Waals surface area contributed by atoms with Crippen LogP contribution in [0.2, 0.25) is 0 Å². The Morgan fingerprint density at radius 3 is 3.00 bits per heavy atom. The molecule has 12 heavy (non-hydrogen) atoms. The second kappa shape index (κ2) is 2.71. The highest BCUT2D eigenvalue weighted by Crippen LogP contribution is 2.23. The predicted molar refractivity (Wildman–Crippen MR) is 48.9 cm³/mol. The Morgan fingerprint density at radius 2 is 2.17 bits per heavy atom. The van der Waals surface area contributed by atoms with E-state index in [4.69, 9.17) is 5.11 Å². The molecule has 2 aromatic rings. The molecule has 0 aliphatic carbocycles. The zero-order valence-corrected chi connectivity index (χ0v) is 7.62. The summed E-state index contributed by atoms with van der Waals surface area (Å²) in [6.45, 7) is 0. The first-order valence-corrected chi connectivity index (χ1v) is 4.16. The van der Waals surface area contributed by atoms with Crippen LogP contribution in [-0.2, 0) is 0 Å². The third-order valence-electron chi connectivity index (χ3n) is 1.58. The Morgan fingerprint density at radius 1 is 1.33 bits per heavy atom. The molecule has 3 nitrogen and oxygen atoms in total. The molecule has 0 amide bonds. The maximum absolute atomic E-state index is 9.14. The van der Waals surface area contributed by atoms with Crippen molar-refractivity contribution in [2.45, 2.75) is 0 Å². The number of fused-ring (bicyclic) bond motifs is 1. The summed E-state index contributed by atoms with van der Waals surface area (Å²) in [5.41, 5.74) is 0.685. The van der Waals surface area contributed by atoms with Crippen LogP contribution in [0.5, 0.6) is 5.75 Å². The lowest BCUT2D eigenvalue weighted by atomic mass is 10.2. The number of halogens is 1. The molecule has 1 aromatic heterocycles. The van der Waals surface area contributed by atoms with E-state index in [2.05, 4.69) is 26.1 Å². The first kappa shape index (κ1) is 7.49. The zero-order chi connectivity index (χ0) is 8.55. The molecule has 0 aliphatic heterocycles. The topological polar surface area (TPSA) is 46.0 Å². The number of hydrogen-bond donors (Lipinski definition) is 1. The summed E-state index contributed by atoms with van der Waals surface area (Å²) in [5, 5.41) is 17.7. The lowest BCUT2D eigenvalue weighted by Crippen LogP contribution is -1.83.